The van der Waals surface area contributed by atoms with Gasteiger partial charge in [-0.15, -0.1) is 11.3 Å². The Balaban J connectivity index is 1.90. The molecule has 6 nitrogen and oxygen atoms in total. The molecule has 0 aliphatic heterocycles. The van der Waals surface area contributed by atoms with Gasteiger partial charge in [0.15, 0.2) is 0 Å². The smallest absolute Gasteiger partial charge is 0.264 e. The Labute approximate surface area is 187 Å². The fourth-order valence-corrected chi connectivity index (χ4v) is 5.88. The molecule has 0 fully saturated rings. The molecule has 0 aliphatic rings. The number of hydrogen-bond acceptors (Lipinski definition) is 5. The molecule has 1 aromatic heterocycles. The number of carbonyl (C=O) groups excluding carboxylic acids is 1. The summed E-state index contributed by atoms with van der Waals surface area (Å²) in [5.74, 6) is 0.502. The minimum absolute atomic E-state index is 0.0955. The van der Waals surface area contributed by atoms with Crippen LogP contribution in [0.3, 0.4) is 0 Å². The van der Waals surface area contributed by atoms with Gasteiger partial charge in [0.05, 0.1) is 22.6 Å². The third-order valence-electron chi connectivity index (χ3n) is 5.05. The van der Waals surface area contributed by atoms with Crippen molar-refractivity contribution in [3.8, 4) is 5.75 Å². The maximum Gasteiger partial charge on any atom is 0.264 e. The lowest BCUT2D eigenvalue weighted by molar-refractivity contribution is 0.0942. The molecule has 2 aromatic carbocycles. The van der Waals surface area contributed by atoms with Crippen LogP contribution in [0.4, 0.5) is 5.69 Å². The van der Waals surface area contributed by atoms with E-state index < -0.39 is 10.0 Å². The maximum absolute atomic E-state index is 13.2. The van der Waals surface area contributed by atoms with Gasteiger partial charge in [0.1, 0.15) is 5.75 Å². The van der Waals surface area contributed by atoms with Gasteiger partial charge in [0.25, 0.3) is 15.9 Å². The van der Waals surface area contributed by atoms with Crippen molar-refractivity contribution in [2.45, 2.75) is 44.6 Å². The van der Waals surface area contributed by atoms with Crippen LogP contribution in [-0.2, 0) is 10.0 Å². The Hall–Kier alpha value is -2.58. The first kappa shape index (κ1) is 23.1. The van der Waals surface area contributed by atoms with Crippen LogP contribution < -0.4 is 14.4 Å². The molecular formula is C23H28N2O4S2. The molecule has 1 N–H and O–H groups in total. The first-order chi connectivity index (χ1) is 14.8. The molecule has 0 saturated heterocycles. The van der Waals surface area contributed by atoms with Crippen LogP contribution in [0.1, 0.15) is 43.3 Å². The van der Waals surface area contributed by atoms with Crippen molar-refractivity contribution in [2.75, 3.05) is 18.0 Å². The third kappa shape index (κ3) is 5.02. The third-order valence-corrected chi connectivity index (χ3v) is 8.08. The number of thiophene rings is 1. The normalized spacial score (nSPS) is 12.5. The van der Waals surface area contributed by atoms with Crippen LogP contribution in [0.5, 0.6) is 5.75 Å². The van der Waals surface area contributed by atoms with Gasteiger partial charge in [0.2, 0.25) is 0 Å². The number of hydrogen-bond donors (Lipinski definition) is 1. The summed E-state index contributed by atoms with van der Waals surface area (Å²) in [5, 5.41) is 3.86. The van der Waals surface area contributed by atoms with Crippen molar-refractivity contribution in [1.82, 2.24) is 5.32 Å². The van der Waals surface area contributed by atoms with E-state index in [0.29, 0.717) is 16.3 Å². The number of carbonyl (C=O) groups is 1. The summed E-state index contributed by atoms with van der Waals surface area (Å²) >= 11 is 1.41. The fraction of sp³-hybridized carbons (Fsp3) is 0.348. The second-order valence-corrected chi connectivity index (χ2v) is 10.3. The number of benzene rings is 2. The molecule has 3 rings (SSSR count). The zero-order chi connectivity index (χ0) is 22.6. The number of fused-ring (bicyclic) bond motifs is 1. The number of methoxy groups -OCH3 is 1. The van der Waals surface area contributed by atoms with E-state index in [4.69, 9.17) is 4.74 Å². The van der Waals surface area contributed by atoms with Crippen molar-refractivity contribution in [1.29, 1.82) is 0 Å². The van der Waals surface area contributed by atoms with Crippen LogP contribution in [0.25, 0.3) is 10.1 Å². The Morgan fingerprint density at radius 2 is 1.84 bits per heavy atom. The van der Waals surface area contributed by atoms with Crippen LogP contribution in [-0.4, -0.2) is 34.0 Å². The van der Waals surface area contributed by atoms with E-state index >= 15 is 0 Å². The van der Waals surface area contributed by atoms with Crippen molar-refractivity contribution in [3.05, 3.63) is 53.4 Å². The van der Waals surface area contributed by atoms with E-state index in [0.717, 1.165) is 22.9 Å². The van der Waals surface area contributed by atoms with Gasteiger partial charge < -0.3 is 10.1 Å². The Morgan fingerprint density at radius 1 is 1.13 bits per heavy atom. The molecule has 0 spiro atoms. The lowest BCUT2D eigenvalue weighted by atomic mass is 10.2. The van der Waals surface area contributed by atoms with Gasteiger partial charge in [-0.2, -0.15) is 0 Å². The highest BCUT2D eigenvalue weighted by atomic mass is 32.2. The molecule has 1 amide bonds. The predicted octanol–water partition coefficient (Wildman–Crippen LogP) is 5.04. The van der Waals surface area contributed by atoms with E-state index in [1.807, 2.05) is 25.1 Å². The molecular weight excluding hydrogens is 432 g/mol. The molecule has 0 saturated carbocycles. The quantitative estimate of drug-likeness (QED) is 0.485. The van der Waals surface area contributed by atoms with E-state index in [1.165, 1.54) is 22.8 Å². The number of nitrogens with zero attached hydrogens (tertiary/aromatic N) is 1. The molecule has 0 bridgehead atoms. The van der Waals surface area contributed by atoms with Gasteiger partial charge in [-0.1, -0.05) is 13.3 Å². The second kappa shape index (κ2) is 9.70. The number of rotatable bonds is 9. The number of amides is 1. The van der Waals surface area contributed by atoms with E-state index in [-0.39, 0.29) is 23.4 Å². The van der Waals surface area contributed by atoms with Gasteiger partial charge in [-0.3, -0.25) is 9.10 Å². The highest BCUT2D eigenvalue weighted by molar-refractivity contribution is 7.92. The van der Waals surface area contributed by atoms with Gasteiger partial charge in [-0.05, 0) is 74.2 Å². The number of anilines is 1. The zero-order valence-electron chi connectivity index (χ0n) is 18.2. The predicted molar refractivity (Wildman–Crippen MR) is 127 cm³/mol. The number of sulfonamides is 1. The fourth-order valence-electron chi connectivity index (χ4n) is 3.46. The summed E-state index contributed by atoms with van der Waals surface area (Å²) in [6.07, 6.45) is 1.93. The van der Waals surface area contributed by atoms with Crippen molar-refractivity contribution in [2.24, 2.45) is 0 Å². The highest BCUT2D eigenvalue weighted by Gasteiger charge is 2.24. The summed E-state index contributed by atoms with van der Waals surface area (Å²) in [4.78, 5) is 13.4. The monoisotopic (exact) mass is 460 g/mol. The Morgan fingerprint density at radius 3 is 2.45 bits per heavy atom. The van der Waals surface area contributed by atoms with E-state index in [9.17, 15) is 13.2 Å². The molecule has 8 heteroatoms. The van der Waals surface area contributed by atoms with Crippen LogP contribution in [0, 0.1) is 0 Å². The summed E-state index contributed by atoms with van der Waals surface area (Å²) in [5.41, 5.74) is 0.565. The topological polar surface area (TPSA) is 75.7 Å². The molecule has 0 radical (unpaired) electrons. The molecule has 166 valence electrons. The molecule has 0 aliphatic carbocycles. The van der Waals surface area contributed by atoms with Crippen molar-refractivity contribution >= 4 is 43.0 Å². The number of ether oxygens (including phenoxy) is 1. The Kier molecular flexibility index (Phi) is 7.23. The first-order valence-corrected chi connectivity index (χ1v) is 12.6. The molecule has 31 heavy (non-hydrogen) atoms. The van der Waals surface area contributed by atoms with Crippen LogP contribution >= 0.6 is 11.3 Å². The summed E-state index contributed by atoms with van der Waals surface area (Å²) < 4.78 is 33.9. The minimum Gasteiger partial charge on any atom is -0.497 e. The summed E-state index contributed by atoms with van der Waals surface area (Å²) in [6.45, 7) is 6.16. The number of nitrogens with one attached hydrogen (secondary N) is 1. The molecule has 0 unspecified atom stereocenters. The SMILES string of the molecule is CCC[C@H](C)NC(=O)c1cc2cc(N(CC)S(=O)(=O)c3ccc(OC)cc3)ccc2s1. The van der Waals surface area contributed by atoms with Crippen LogP contribution in [0.15, 0.2) is 53.4 Å². The van der Waals surface area contributed by atoms with Crippen molar-refractivity contribution < 1.29 is 17.9 Å². The van der Waals surface area contributed by atoms with Crippen LogP contribution in [0.2, 0.25) is 0 Å². The van der Waals surface area contributed by atoms with Gasteiger partial charge in [0, 0.05) is 17.3 Å². The Bertz CT molecular complexity index is 1150. The average Bonchev–Trinajstić information content (AvgIpc) is 3.18. The largest absolute Gasteiger partial charge is 0.497 e. The molecule has 1 atom stereocenters. The van der Waals surface area contributed by atoms with E-state index in [1.54, 1.807) is 37.3 Å². The standard InChI is InChI=1S/C23H28N2O4S2/c1-5-7-16(3)24-23(26)22-15-17-14-18(8-13-21(17)30-22)25(6-2)31(27,28)20-11-9-19(29-4)10-12-20/h8-16H,5-7H2,1-4H3,(H,24,26)/t16-/m0/s1. The molecule has 3 aromatic rings. The van der Waals surface area contributed by atoms with Crippen molar-refractivity contribution in [3.63, 3.8) is 0 Å². The lowest BCUT2D eigenvalue weighted by Gasteiger charge is -2.23. The van der Waals surface area contributed by atoms with Gasteiger partial charge >= 0.3 is 0 Å². The zero-order valence-corrected chi connectivity index (χ0v) is 19.8. The average molecular weight is 461 g/mol. The molecule has 1 heterocycles. The highest BCUT2D eigenvalue weighted by Crippen LogP contribution is 2.32. The minimum atomic E-state index is -3.73. The maximum atomic E-state index is 13.2. The second-order valence-electron chi connectivity index (χ2n) is 7.34. The summed E-state index contributed by atoms with van der Waals surface area (Å²) in [6, 6.07) is 13.8. The summed E-state index contributed by atoms with van der Waals surface area (Å²) in [7, 11) is -2.19. The lowest BCUT2D eigenvalue weighted by Crippen LogP contribution is -2.31. The van der Waals surface area contributed by atoms with Gasteiger partial charge in [-0.25, -0.2) is 8.42 Å². The first-order valence-electron chi connectivity index (χ1n) is 10.3. The van der Waals surface area contributed by atoms with E-state index in [2.05, 4.69) is 12.2 Å².